The number of nitrogens with one attached hydrogen (secondary N) is 2. The molecule has 2 aromatic rings. The summed E-state index contributed by atoms with van der Waals surface area (Å²) in [6.07, 6.45) is 1.25. The van der Waals surface area contributed by atoms with E-state index in [1.807, 2.05) is 0 Å². The van der Waals surface area contributed by atoms with Crippen molar-refractivity contribution in [2.45, 2.75) is 27.2 Å². The fourth-order valence-electron chi connectivity index (χ4n) is 2.34. The lowest BCUT2D eigenvalue weighted by molar-refractivity contribution is 0.573. The number of anilines is 1. The summed E-state index contributed by atoms with van der Waals surface area (Å²) in [5, 5.41) is 9.71. The first kappa shape index (κ1) is 11.3. The molecule has 1 fully saturated rings. The molecule has 18 heavy (non-hydrogen) atoms. The lowest BCUT2D eigenvalue weighted by atomic mass is 10.1. The number of H-pyrrole nitrogens is 1. The molecule has 0 radical (unpaired) electrons. The molecular weight excluding hydrogens is 230 g/mol. The van der Waals surface area contributed by atoms with Gasteiger partial charge in [0.25, 0.3) is 0 Å². The number of rotatable bonds is 3. The van der Waals surface area contributed by atoms with E-state index >= 15 is 0 Å². The Morgan fingerprint density at radius 2 is 2.33 bits per heavy atom. The Morgan fingerprint density at radius 1 is 1.61 bits per heavy atom. The van der Waals surface area contributed by atoms with Crippen LogP contribution in [0, 0.1) is 18.3 Å². The Labute approximate surface area is 104 Å². The highest BCUT2D eigenvalue weighted by atomic mass is 16.1. The SMILES string of the molecule is Cc1nc(NCC2CC2(C)C)cc2n[nH]c(=O)n12. The topological polar surface area (TPSA) is 75.1 Å². The minimum absolute atomic E-state index is 0.245. The van der Waals surface area contributed by atoms with Crippen LogP contribution in [0.25, 0.3) is 5.65 Å². The van der Waals surface area contributed by atoms with Gasteiger partial charge in [-0.25, -0.2) is 19.3 Å². The standard InChI is InChI=1S/C12H17N5O/c1-7-14-9(13-6-8-5-12(8,2)3)4-10-15-16-11(18)17(7)10/h4,8,13H,5-6H2,1-3H3,(H,16,18). The normalized spacial score (nSPS) is 21.2. The molecule has 2 heterocycles. The Kier molecular flexibility index (Phi) is 2.23. The summed E-state index contributed by atoms with van der Waals surface area (Å²) in [6, 6.07) is 1.79. The van der Waals surface area contributed by atoms with E-state index in [-0.39, 0.29) is 5.69 Å². The highest BCUT2D eigenvalue weighted by Crippen LogP contribution is 2.51. The fraction of sp³-hybridized carbons (Fsp3) is 0.583. The maximum absolute atomic E-state index is 11.5. The van der Waals surface area contributed by atoms with Crippen molar-refractivity contribution in [2.24, 2.45) is 11.3 Å². The quantitative estimate of drug-likeness (QED) is 0.854. The van der Waals surface area contributed by atoms with Gasteiger partial charge >= 0.3 is 5.69 Å². The largest absolute Gasteiger partial charge is 0.370 e. The second-order valence-electron chi connectivity index (χ2n) is 5.68. The van der Waals surface area contributed by atoms with E-state index in [2.05, 4.69) is 34.3 Å². The summed E-state index contributed by atoms with van der Waals surface area (Å²) in [5.74, 6) is 2.13. The second-order valence-corrected chi connectivity index (χ2v) is 5.68. The van der Waals surface area contributed by atoms with Crippen molar-refractivity contribution in [2.75, 3.05) is 11.9 Å². The molecule has 0 aromatic carbocycles. The van der Waals surface area contributed by atoms with E-state index in [4.69, 9.17) is 0 Å². The van der Waals surface area contributed by atoms with E-state index in [1.54, 1.807) is 13.0 Å². The van der Waals surface area contributed by atoms with Crippen LogP contribution in [0.2, 0.25) is 0 Å². The minimum Gasteiger partial charge on any atom is -0.370 e. The summed E-state index contributed by atoms with van der Waals surface area (Å²) in [5.41, 5.74) is 0.810. The van der Waals surface area contributed by atoms with Crippen LogP contribution in [-0.4, -0.2) is 26.1 Å². The van der Waals surface area contributed by atoms with Gasteiger partial charge in [-0.2, -0.15) is 5.10 Å². The third-order valence-electron chi connectivity index (χ3n) is 3.82. The van der Waals surface area contributed by atoms with Gasteiger partial charge in [-0.1, -0.05) is 13.8 Å². The molecule has 0 bridgehead atoms. The molecule has 0 aliphatic heterocycles. The predicted molar refractivity (Wildman–Crippen MR) is 68.7 cm³/mol. The summed E-state index contributed by atoms with van der Waals surface area (Å²) in [4.78, 5) is 15.8. The van der Waals surface area contributed by atoms with Crippen molar-refractivity contribution in [1.29, 1.82) is 0 Å². The lowest BCUT2D eigenvalue weighted by Gasteiger charge is -2.08. The number of nitrogens with zero attached hydrogens (tertiary/aromatic N) is 3. The maximum Gasteiger partial charge on any atom is 0.349 e. The van der Waals surface area contributed by atoms with Gasteiger partial charge in [0, 0.05) is 12.6 Å². The van der Waals surface area contributed by atoms with E-state index in [9.17, 15) is 4.79 Å². The van der Waals surface area contributed by atoms with Crippen LogP contribution in [0.5, 0.6) is 0 Å². The van der Waals surface area contributed by atoms with Crippen LogP contribution in [0.1, 0.15) is 26.1 Å². The number of hydrogen-bond acceptors (Lipinski definition) is 4. The third kappa shape index (κ3) is 1.77. The Bertz CT molecular complexity index is 654. The van der Waals surface area contributed by atoms with Gasteiger partial charge in [-0.05, 0) is 24.7 Å². The van der Waals surface area contributed by atoms with Crippen molar-refractivity contribution in [3.8, 4) is 0 Å². The van der Waals surface area contributed by atoms with Crippen LogP contribution in [-0.2, 0) is 0 Å². The number of hydrogen-bond donors (Lipinski definition) is 2. The van der Waals surface area contributed by atoms with Crippen molar-refractivity contribution >= 4 is 11.5 Å². The zero-order chi connectivity index (χ0) is 12.9. The fourth-order valence-corrected chi connectivity index (χ4v) is 2.34. The Morgan fingerprint density at radius 3 is 3.00 bits per heavy atom. The first-order valence-electron chi connectivity index (χ1n) is 6.16. The van der Waals surface area contributed by atoms with E-state index < -0.39 is 0 Å². The van der Waals surface area contributed by atoms with Crippen LogP contribution in [0.15, 0.2) is 10.9 Å². The summed E-state index contributed by atoms with van der Waals surface area (Å²) in [7, 11) is 0. The molecule has 1 aliphatic rings. The zero-order valence-electron chi connectivity index (χ0n) is 10.8. The molecule has 0 saturated heterocycles. The highest BCUT2D eigenvalue weighted by molar-refractivity contribution is 5.49. The number of fused-ring (bicyclic) bond motifs is 1. The van der Waals surface area contributed by atoms with Gasteiger partial charge in [0.1, 0.15) is 11.6 Å². The minimum atomic E-state index is -0.245. The molecule has 96 valence electrons. The van der Waals surface area contributed by atoms with Gasteiger partial charge in [-0.15, -0.1) is 0 Å². The average molecular weight is 247 g/mol. The molecule has 1 atom stereocenters. The number of aromatic amines is 1. The molecule has 1 unspecified atom stereocenters. The van der Waals surface area contributed by atoms with E-state index in [1.165, 1.54) is 10.8 Å². The molecule has 1 saturated carbocycles. The van der Waals surface area contributed by atoms with Crippen molar-refractivity contribution in [3.63, 3.8) is 0 Å². The maximum atomic E-state index is 11.5. The van der Waals surface area contributed by atoms with E-state index in [0.717, 1.165) is 12.4 Å². The van der Waals surface area contributed by atoms with Crippen LogP contribution in [0.3, 0.4) is 0 Å². The van der Waals surface area contributed by atoms with Gasteiger partial charge in [0.2, 0.25) is 0 Å². The van der Waals surface area contributed by atoms with Crippen LogP contribution < -0.4 is 11.0 Å². The van der Waals surface area contributed by atoms with Gasteiger partial charge in [0.05, 0.1) is 0 Å². The van der Waals surface area contributed by atoms with Crippen molar-refractivity contribution < 1.29 is 0 Å². The van der Waals surface area contributed by atoms with Crippen LogP contribution in [0.4, 0.5) is 5.82 Å². The molecule has 6 heteroatoms. The molecular formula is C12H17N5O. The molecule has 0 amide bonds. The third-order valence-corrected chi connectivity index (χ3v) is 3.82. The lowest BCUT2D eigenvalue weighted by Crippen LogP contribution is -2.15. The van der Waals surface area contributed by atoms with Crippen molar-refractivity contribution in [3.05, 3.63) is 22.4 Å². The van der Waals surface area contributed by atoms with Crippen LogP contribution >= 0.6 is 0 Å². The van der Waals surface area contributed by atoms with Gasteiger partial charge < -0.3 is 5.32 Å². The molecule has 2 aromatic heterocycles. The smallest absolute Gasteiger partial charge is 0.349 e. The molecule has 2 N–H and O–H groups in total. The van der Waals surface area contributed by atoms with Gasteiger partial charge in [0.15, 0.2) is 5.65 Å². The number of aryl methyl sites for hydroxylation is 1. The zero-order valence-corrected chi connectivity index (χ0v) is 10.8. The predicted octanol–water partition coefficient (Wildman–Crippen LogP) is 1.18. The summed E-state index contributed by atoms with van der Waals surface area (Å²) >= 11 is 0. The first-order chi connectivity index (χ1) is 8.47. The molecule has 3 rings (SSSR count). The summed E-state index contributed by atoms with van der Waals surface area (Å²) in [6.45, 7) is 7.27. The van der Waals surface area contributed by atoms with E-state index in [0.29, 0.717) is 22.8 Å². The molecule has 6 nitrogen and oxygen atoms in total. The summed E-state index contributed by atoms with van der Waals surface area (Å²) < 4.78 is 1.46. The second kappa shape index (κ2) is 3.57. The first-order valence-corrected chi connectivity index (χ1v) is 6.16. The van der Waals surface area contributed by atoms with Crippen molar-refractivity contribution in [1.82, 2.24) is 19.6 Å². The van der Waals surface area contributed by atoms with Gasteiger partial charge in [-0.3, -0.25) is 0 Å². The highest BCUT2D eigenvalue weighted by Gasteiger charge is 2.44. The Hall–Kier alpha value is -1.85. The average Bonchev–Trinajstić information content (AvgIpc) is 2.71. The Balaban J connectivity index is 1.83. The molecule has 1 aliphatic carbocycles. The monoisotopic (exact) mass is 247 g/mol. The number of aromatic nitrogens is 4. The molecule has 0 spiro atoms.